The number of hydrogen-bond donors (Lipinski definition) is 1. The van der Waals surface area contributed by atoms with Crippen molar-refractivity contribution >= 4 is 28.2 Å². The number of anilines is 1. The molecule has 0 aliphatic heterocycles. The Balaban J connectivity index is 1.99. The SMILES string of the molecule is CCN(CC)CCC[C@H](C)Nc1ccnc2cccc(Cl)c12. The molecule has 1 aromatic carbocycles. The third-order valence-corrected chi connectivity index (χ3v) is 4.44. The summed E-state index contributed by atoms with van der Waals surface area (Å²) in [5.74, 6) is 0. The summed E-state index contributed by atoms with van der Waals surface area (Å²) < 4.78 is 0. The zero-order valence-electron chi connectivity index (χ0n) is 13.8. The first kappa shape index (κ1) is 17.0. The number of halogens is 1. The van der Waals surface area contributed by atoms with Crippen LogP contribution in [0.15, 0.2) is 30.5 Å². The van der Waals surface area contributed by atoms with Crippen LogP contribution in [0, 0.1) is 0 Å². The quantitative estimate of drug-likeness (QED) is 0.756. The van der Waals surface area contributed by atoms with Gasteiger partial charge in [0.05, 0.1) is 10.5 Å². The van der Waals surface area contributed by atoms with Crippen molar-refractivity contribution in [3.63, 3.8) is 0 Å². The molecule has 22 heavy (non-hydrogen) atoms. The summed E-state index contributed by atoms with van der Waals surface area (Å²) in [6.07, 6.45) is 4.18. The highest BCUT2D eigenvalue weighted by Gasteiger charge is 2.09. The van der Waals surface area contributed by atoms with Gasteiger partial charge in [-0.15, -0.1) is 0 Å². The molecule has 2 rings (SSSR count). The van der Waals surface area contributed by atoms with E-state index in [1.165, 1.54) is 6.42 Å². The van der Waals surface area contributed by atoms with Crippen LogP contribution in [0.5, 0.6) is 0 Å². The zero-order chi connectivity index (χ0) is 15.9. The van der Waals surface area contributed by atoms with Crippen molar-refractivity contribution in [3.8, 4) is 0 Å². The first-order valence-electron chi connectivity index (χ1n) is 8.17. The molecule has 0 fully saturated rings. The molecule has 0 aliphatic carbocycles. The van der Waals surface area contributed by atoms with Crippen molar-refractivity contribution in [1.82, 2.24) is 9.88 Å². The van der Waals surface area contributed by atoms with Crippen LogP contribution in [0.4, 0.5) is 5.69 Å². The lowest BCUT2D eigenvalue weighted by Crippen LogP contribution is -2.25. The van der Waals surface area contributed by atoms with Gasteiger partial charge >= 0.3 is 0 Å². The minimum absolute atomic E-state index is 0.414. The topological polar surface area (TPSA) is 28.2 Å². The third-order valence-electron chi connectivity index (χ3n) is 4.12. The van der Waals surface area contributed by atoms with Crippen LogP contribution >= 0.6 is 11.6 Å². The van der Waals surface area contributed by atoms with Crippen molar-refractivity contribution in [2.24, 2.45) is 0 Å². The Labute approximate surface area is 138 Å². The van der Waals surface area contributed by atoms with Crippen molar-refractivity contribution in [2.75, 3.05) is 25.0 Å². The van der Waals surface area contributed by atoms with Gasteiger partial charge in [-0.05, 0) is 57.6 Å². The van der Waals surface area contributed by atoms with Gasteiger partial charge in [0.2, 0.25) is 0 Å². The zero-order valence-corrected chi connectivity index (χ0v) is 14.5. The van der Waals surface area contributed by atoms with Gasteiger partial charge in [0.1, 0.15) is 0 Å². The summed E-state index contributed by atoms with van der Waals surface area (Å²) in [5, 5.41) is 5.36. The monoisotopic (exact) mass is 319 g/mol. The molecule has 0 saturated carbocycles. The third kappa shape index (κ3) is 4.34. The van der Waals surface area contributed by atoms with Gasteiger partial charge < -0.3 is 10.2 Å². The average Bonchev–Trinajstić information content (AvgIpc) is 2.52. The highest BCUT2D eigenvalue weighted by atomic mass is 35.5. The summed E-state index contributed by atoms with van der Waals surface area (Å²) in [7, 11) is 0. The van der Waals surface area contributed by atoms with Crippen LogP contribution in [0.3, 0.4) is 0 Å². The molecule has 0 aliphatic rings. The molecule has 3 nitrogen and oxygen atoms in total. The lowest BCUT2D eigenvalue weighted by atomic mass is 10.1. The fourth-order valence-corrected chi connectivity index (χ4v) is 3.05. The minimum Gasteiger partial charge on any atom is -0.382 e. The number of nitrogens with one attached hydrogen (secondary N) is 1. The molecule has 4 heteroatoms. The number of fused-ring (bicyclic) bond motifs is 1. The molecular weight excluding hydrogens is 294 g/mol. The van der Waals surface area contributed by atoms with Gasteiger partial charge in [-0.3, -0.25) is 4.98 Å². The van der Waals surface area contributed by atoms with E-state index in [0.29, 0.717) is 6.04 Å². The van der Waals surface area contributed by atoms with Gasteiger partial charge in [0.25, 0.3) is 0 Å². The van der Waals surface area contributed by atoms with Crippen molar-refractivity contribution in [2.45, 2.75) is 39.7 Å². The molecule has 1 heterocycles. The van der Waals surface area contributed by atoms with E-state index in [4.69, 9.17) is 11.6 Å². The molecule has 1 atom stereocenters. The number of hydrogen-bond acceptors (Lipinski definition) is 3. The van der Waals surface area contributed by atoms with E-state index >= 15 is 0 Å². The van der Waals surface area contributed by atoms with Gasteiger partial charge in [-0.25, -0.2) is 0 Å². The highest BCUT2D eigenvalue weighted by molar-refractivity contribution is 6.36. The maximum Gasteiger partial charge on any atom is 0.0737 e. The van der Waals surface area contributed by atoms with Crippen LogP contribution in [-0.2, 0) is 0 Å². The standard InChI is InChI=1S/C18H26ClN3/c1-4-22(5-2)13-7-8-14(3)21-17-11-12-20-16-10-6-9-15(19)18(16)17/h6,9-12,14H,4-5,7-8,13H2,1-3H3,(H,20,21)/t14-/m0/s1. The van der Waals surface area contributed by atoms with E-state index in [9.17, 15) is 0 Å². The molecule has 120 valence electrons. The summed E-state index contributed by atoms with van der Waals surface area (Å²) in [4.78, 5) is 6.85. The number of pyridine rings is 1. The van der Waals surface area contributed by atoms with E-state index < -0.39 is 0 Å². The lowest BCUT2D eigenvalue weighted by Gasteiger charge is -2.21. The Morgan fingerprint density at radius 2 is 2.00 bits per heavy atom. The first-order chi connectivity index (χ1) is 10.7. The first-order valence-corrected chi connectivity index (χ1v) is 8.55. The Bertz CT molecular complexity index is 591. The second kappa shape index (κ2) is 8.35. The molecule has 0 bridgehead atoms. The summed E-state index contributed by atoms with van der Waals surface area (Å²) in [6, 6.07) is 8.28. The van der Waals surface area contributed by atoms with E-state index in [0.717, 1.165) is 47.7 Å². The molecule has 0 unspecified atom stereocenters. The number of rotatable bonds is 8. The summed E-state index contributed by atoms with van der Waals surface area (Å²) in [5.41, 5.74) is 2.01. The fraction of sp³-hybridized carbons (Fsp3) is 0.500. The van der Waals surface area contributed by atoms with Crippen LogP contribution < -0.4 is 5.32 Å². The van der Waals surface area contributed by atoms with Crippen molar-refractivity contribution in [1.29, 1.82) is 0 Å². The number of aromatic nitrogens is 1. The predicted molar refractivity (Wildman–Crippen MR) is 96.9 cm³/mol. The van der Waals surface area contributed by atoms with Gasteiger partial charge in [-0.1, -0.05) is 31.5 Å². The molecule has 0 radical (unpaired) electrons. The summed E-state index contributed by atoms with van der Waals surface area (Å²) >= 11 is 6.34. The van der Waals surface area contributed by atoms with Gasteiger partial charge in [0, 0.05) is 23.3 Å². The lowest BCUT2D eigenvalue weighted by molar-refractivity contribution is 0.295. The fourth-order valence-electron chi connectivity index (χ4n) is 2.78. The Hall–Kier alpha value is -1.32. The second-order valence-corrected chi connectivity index (χ2v) is 6.11. The predicted octanol–water partition coefficient (Wildman–Crippen LogP) is 4.81. The summed E-state index contributed by atoms with van der Waals surface area (Å²) in [6.45, 7) is 10.1. The number of benzene rings is 1. The van der Waals surface area contributed by atoms with Crippen LogP contribution in [-0.4, -0.2) is 35.6 Å². The van der Waals surface area contributed by atoms with Crippen molar-refractivity contribution < 1.29 is 0 Å². The maximum atomic E-state index is 6.34. The Morgan fingerprint density at radius 3 is 2.73 bits per heavy atom. The van der Waals surface area contributed by atoms with E-state index in [2.05, 4.69) is 36.0 Å². The smallest absolute Gasteiger partial charge is 0.0737 e. The molecule has 1 aromatic heterocycles. The maximum absolute atomic E-state index is 6.34. The van der Waals surface area contributed by atoms with Crippen LogP contribution in [0.25, 0.3) is 10.9 Å². The second-order valence-electron chi connectivity index (χ2n) is 5.71. The minimum atomic E-state index is 0.414. The van der Waals surface area contributed by atoms with E-state index in [1.54, 1.807) is 0 Å². The van der Waals surface area contributed by atoms with Gasteiger partial charge in [0.15, 0.2) is 0 Å². The molecular formula is C18H26ClN3. The molecule has 0 amide bonds. The van der Waals surface area contributed by atoms with Gasteiger partial charge in [-0.2, -0.15) is 0 Å². The van der Waals surface area contributed by atoms with E-state index in [1.807, 2.05) is 30.5 Å². The number of nitrogens with zero attached hydrogens (tertiary/aromatic N) is 2. The molecule has 0 spiro atoms. The molecule has 2 aromatic rings. The van der Waals surface area contributed by atoms with Crippen LogP contribution in [0.1, 0.15) is 33.6 Å². The van der Waals surface area contributed by atoms with Crippen molar-refractivity contribution in [3.05, 3.63) is 35.5 Å². The highest BCUT2D eigenvalue weighted by Crippen LogP contribution is 2.29. The molecule has 1 N–H and O–H groups in total. The van der Waals surface area contributed by atoms with E-state index in [-0.39, 0.29) is 0 Å². The molecule has 0 saturated heterocycles. The normalized spacial score (nSPS) is 12.8. The average molecular weight is 320 g/mol. The Kier molecular flexibility index (Phi) is 6.47. The van der Waals surface area contributed by atoms with Crippen LogP contribution in [0.2, 0.25) is 5.02 Å². The Morgan fingerprint density at radius 1 is 1.23 bits per heavy atom. The largest absolute Gasteiger partial charge is 0.382 e.